The number of aldehydes is 1. The molecule has 0 spiro atoms. The van der Waals surface area contributed by atoms with Crippen LogP contribution in [0.5, 0.6) is 0 Å². The minimum absolute atomic E-state index is 0.648. The van der Waals surface area contributed by atoms with Gasteiger partial charge in [0.15, 0.2) is 0 Å². The first kappa shape index (κ1) is 14.9. The first-order valence-electron chi connectivity index (χ1n) is 7.34. The van der Waals surface area contributed by atoms with E-state index in [1.165, 1.54) is 0 Å². The minimum Gasteiger partial charge on any atom is -0.378 e. The number of anilines is 1. The molecule has 2 aromatic carbocycles. The first-order valence-corrected chi connectivity index (χ1v) is 7.34. The summed E-state index contributed by atoms with van der Waals surface area (Å²) in [7, 11) is 4.03. The molecule has 0 fully saturated rings. The third-order valence-electron chi connectivity index (χ3n) is 3.74. The van der Waals surface area contributed by atoms with Gasteiger partial charge in [0.2, 0.25) is 0 Å². The van der Waals surface area contributed by atoms with Gasteiger partial charge in [-0.15, -0.1) is 5.10 Å². The van der Waals surface area contributed by atoms with Gasteiger partial charge in [0.1, 0.15) is 12.0 Å². The molecule has 3 aromatic rings. The number of aromatic nitrogens is 2. The zero-order valence-electron chi connectivity index (χ0n) is 13.1. The highest BCUT2D eigenvalue weighted by Crippen LogP contribution is 2.30. The van der Waals surface area contributed by atoms with Crippen molar-refractivity contribution in [3.8, 4) is 22.4 Å². The quantitative estimate of drug-likeness (QED) is 0.690. The third-order valence-corrected chi connectivity index (χ3v) is 3.74. The SMILES string of the molecule is CN(C)c1ccc(-c2ccnnc2-c2ccc(C=O)cc2)cc1. The summed E-state index contributed by atoms with van der Waals surface area (Å²) in [6.07, 6.45) is 2.53. The Kier molecular flexibility index (Phi) is 4.15. The van der Waals surface area contributed by atoms with Crippen molar-refractivity contribution in [1.29, 1.82) is 0 Å². The Morgan fingerprint density at radius 2 is 1.52 bits per heavy atom. The Labute approximate surface area is 135 Å². The van der Waals surface area contributed by atoms with Gasteiger partial charge in [0.05, 0.1) is 6.20 Å². The normalized spacial score (nSPS) is 10.3. The van der Waals surface area contributed by atoms with E-state index in [4.69, 9.17) is 0 Å². The molecule has 4 heteroatoms. The van der Waals surface area contributed by atoms with Crippen LogP contribution in [0.3, 0.4) is 0 Å². The Bertz CT molecular complexity index is 809. The highest BCUT2D eigenvalue weighted by atomic mass is 16.1. The largest absolute Gasteiger partial charge is 0.378 e. The van der Waals surface area contributed by atoms with E-state index in [1.54, 1.807) is 18.3 Å². The fourth-order valence-corrected chi connectivity index (χ4v) is 2.44. The summed E-state index contributed by atoms with van der Waals surface area (Å²) in [6.45, 7) is 0. The van der Waals surface area contributed by atoms with Crippen molar-refractivity contribution in [3.63, 3.8) is 0 Å². The highest BCUT2D eigenvalue weighted by molar-refractivity contribution is 5.82. The topological polar surface area (TPSA) is 46.1 Å². The molecular weight excluding hydrogens is 286 g/mol. The van der Waals surface area contributed by atoms with E-state index in [2.05, 4.69) is 39.4 Å². The van der Waals surface area contributed by atoms with E-state index in [9.17, 15) is 4.79 Å². The van der Waals surface area contributed by atoms with Crippen LogP contribution in [-0.2, 0) is 0 Å². The summed E-state index contributed by atoms with van der Waals surface area (Å²) in [5.74, 6) is 0. The molecule has 0 atom stereocenters. The van der Waals surface area contributed by atoms with Crippen molar-refractivity contribution in [2.24, 2.45) is 0 Å². The van der Waals surface area contributed by atoms with Gasteiger partial charge in [0.25, 0.3) is 0 Å². The molecule has 0 aliphatic carbocycles. The van der Waals surface area contributed by atoms with Gasteiger partial charge in [-0.3, -0.25) is 4.79 Å². The van der Waals surface area contributed by atoms with Crippen molar-refractivity contribution >= 4 is 12.0 Å². The molecule has 0 bridgehead atoms. The standard InChI is InChI=1S/C19H17N3O/c1-22(2)17-9-7-15(8-10-17)18-11-12-20-21-19(18)16-5-3-14(13-23)4-6-16/h3-13H,1-2H3. The van der Waals surface area contributed by atoms with Crippen LogP contribution in [0, 0.1) is 0 Å². The van der Waals surface area contributed by atoms with Crippen molar-refractivity contribution in [2.75, 3.05) is 19.0 Å². The molecule has 4 nitrogen and oxygen atoms in total. The average Bonchev–Trinajstić information content (AvgIpc) is 2.62. The van der Waals surface area contributed by atoms with Gasteiger partial charge < -0.3 is 4.90 Å². The van der Waals surface area contributed by atoms with E-state index in [1.807, 2.05) is 32.3 Å². The lowest BCUT2D eigenvalue weighted by Crippen LogP contribution is -2.07. The second-order valence-electron chi connectivity index (χ2n) is 5.47. The molecule has 0 aliphatic rings. The zero-order valence-corrected chi connectivity index (χ0v) is 13.1. The number of carbonyl (C=O) groups excluding carboxylic acids is 1. The Hall–Kier alpha value is -3.01. The number of nitrogens with zero attached hydrogens (tertiary/aromatic N) is 3. The molecule has 0 saturated carbocycles. The maximum absolute atomic E-state index is 10.8. The summed E-state index contributed by atoms with van der Waals surface area (Å²) in [6, 6.07) is 17.6. The Morgan fingerprint density at radius 3 is 2.13 bits per heavy atom. The minimum atomic E-state index is 0.648. The van der Waals surface area contributed by atoms with Crippen molar-refractivity contribution < 1.29 is 4.79 Å². The molecule has 1 heterocycles. The predicted molar refractivity (Wildman–Crippen MR) is 92.6 cm³/mol. The zero-order chi connectivity index (χ0) is 16.2. The van der Waals surface area contributed by atoms with Gasteiger partial charge in [-0.1, -0.05) is 36.4 Å². The van der Waals surface area contributed by atoms with E-state index in [0.29, 0.717) is 5.56 Å². The molecule has 3 rings (SSSR count). The summed E-state index contributed by atoms with van der Waals surface area (Å²) < 4.78 is 0. The van der Waals surface area contributed by atoms with E-state index < -0.39 is 0 Å². The molecular formula is C19H17N3O. The molecule has 0 amide bonds. The Balaban J connectivity index is 2.04. The molecule has 23 heavy (non-hydrogen) atoms. The van der Waals surface area contributed by atoms with Crippen LogP contribution in [-0.4, -0.2) is 30.6 Å². The lowest BCUT2D eigenvalue weighted by atomic mass is 9.99. The molecule has 0 radical (unpaired) electrons. The van der Waals surface area contributed by atoms with Crippen LogP contribution in [0.4, 0.5) is 5.69 Å². The molecule has 0 N–H and O–H groups in total. The fourth-order valence-electron chi connectivity index (χ4n) is 2.44. The van der Waals surface area contributed by atoms with E-state index in [-0.39, 0.29) is 0 Å². The van der Waals surface area contributed by atoms with Crippen LogP contribution < -0.4 is 4.90 Å². The second-order valence-corrected chi connectivity index (χ2v) is 5.47. The van der Waals surface area contributed by atoms with Gasteiger partial charge in [-0.2, -0.15) is 5.10 Å². The van der Waals surface area contributed by atoms with Crippen molar-refractivity contribution in [2.45, 2.75) is 0 Å². The van der Waals surface area contributed by atoms with Crippen LogP contribution in [0.1, 0.15) is 10.4 Å². The first-order chi connectivity index (χ1) is 11.2. The second kappa shape index (κ2) is 6.40. The van der Waals surface area contributed by atoms with Crippen molar-refractivity contribution in [1.82, 2.24) is 10.2 Å². The van der Waals surface area contributed by atoms with Crippen LogP contribution in [0.25, 0.3) is 22.4 Å². The monoisotopic (exact) mass is 303 g/mol. The van der Waals surface area contributed by atoms with Crippen molar-refractivity contribution in [3.05, 3.63) is 66.4 Å². The molecule has 0 saturated heterocycles. The lowest BCUT2D eigenvalue weighted by molar-refractivity contribution is 0.112. The summed E-state index contributed by atoms with van der Waals surface area (Å²) in [5, 5.41) is 8.30. The smallest absolute Gasteiger partial charge is 0.150 e. The molecule has 0 aliphatic heterocycles. The lowest BCUT2D eigenvalue weighted by Gasteiger charge is -2.13. The molecule has 114 valence electrons. The number of benzene rings is 2. The highest BCUT2D eigenvalue weighted by Gasteiger charge is 2.09. The summed E-state index contributed by atoms with van der Waals surface area (Å²) in [4.78, 5) is 12.9. The van der Waals surface area contributed by atoms with Gasteiger partial charge >= 0.3 is 0 Å². The summed E-state index contributed by atoms with van der Waals surface area (Å²) in [5.41, 5.74) is 5.64. The number of hydrogen-bond donors (Lipinski definition) is 0. The average molecular weight is 303 g/mol. The predicted octanol–water partition coefficient (Wildman–Crippen LogP) is 3.69. The maximum atomic E-state index is 10.8. The maximum Gasteiger partial charge on any atom is 0.150 e. The number of rotatable bonds is 4. The number of hydrogen-bond acceptors (Lipinski definition) is 4. The third kappa shape index (κ3) is 3.11. The molecule has 0 unspecified atom stereocenters. The van der Waals surface area contributed by atoms with Crippen LogP contribution >= 0.6 is 0 Å². The van der Waals surface area contributed by atoms with Gasteiger partial charge in [-0.05, 0) is 23.8 Å². The van der Waals surface area contributed by atoms with Gasteiger partial charge in [-0.25, -0.2) is 0 Å². The van der Waals surface area contributed by atoms with Crippen LogP contribution in [0.2, 0.25) is 0 Å². The Morgan fingerprint density at radius 1 is 0.870 bits per heavy atom. The van der Waals surface area contributed by atoms with E-state index >= 15 is 0 Å². The number of carbonyl (C=O) groups is 1. The summed E-state index contributed by atoms with van der Waals surface area (Å²) >= 11 is 0. The van der Waals surface area contributed by atoms with Gasteiger partial charge in [0, 0.05) is 36.5 Å². The van der Waals surface area contributed by atoms with E-state index in [0.717, 1.165) is 34.4 Å². The fraction of sp³-hybridized carbons (Fsp3) is 0.105. The van der Waals surface area contributed by atoms with Crippen LogP contribution in [0.15, 0.2) is 60.8 Å². The molecule has 1 aromatic heterocycles.